The van der Waals surface area contributed by atoms with E-state index in [1.807, 2.05) is 0 Å². The Kier molecular flexibility index (Phi) is 11.4. The molecule has 16 nitrogen and oxygen atoms in total. The molecular formula is C22H32O16. The van der Waals surface area contributed by atoms with Crippen LogP contribution in [0.5, 0.6) is 0 Å². The predicted molar refractivity (Wildman–Crippen MR) is 116 cm³/mol. The highest BCUT2D eigenvalue weighted by molar-refractivity contribution is 5.68. The summed E-state index contributed by atoms with van der Waals surface area (Å²) in [4.78, 5) is 58.8. The lowest BCUT2D eigenvalue weighted by molar-refractivity contribution is -0.357. The maximum atomic E-state index is 12.0. The third-order valence-electron chi connectivity index (χ3n) is 5.35. The molecule has 0 aromatic heterocycles. The summed E-state index contributed by atoms with van der Waals surface area (Å²) >= 11 is 0. The molecule has 0 aliphatic carbocycles. The van der Waals surface area contributed by atoms with E-state index in [1.54, 1.807) is 0 Å². The average molecular weight is 552 g/mol. The summed E-state index contributed by atoms with van der Waals surface area (Å²) in [5, 5.41) is 30.4. The molecule has 0 aromatic rings. The van der Waals surface area contributed by atoms with Gasteiger partial charge in [0.1, 0.15) is 37.1 Å². The fraction of sp³-hybridized carbons (Fsp3) is 0.773. The molecule has 2 rings (SSSR count). The summed E-state index contributed by atoms with van der Waals surface area (Å²) in [6.07, 6.45) is -16.0. The van der Waals surface area contributed by atoms with Crippen molar-refractivity contribution in [3.8, 4) is 0 Å². The van der Waals surface area contributed by atoms with Crippen LogP contribution in [0.1, 0.15) is 34.6 Å². The summed E-state index contributed by atoms with van der Waals surface area (Å²) in [7, 11) is 0. The van der Waals surface area contributed by atoms with Crippen LogP contribution in [0, 0.1) is 0 Å². The van der Waals surface area contributed by atoms with Crippen LogP contribution in [-0.4, -0.2) is 120 Å². The summed E-state index contributed by atoms with van der Waals surface area (Å²) in [6, 6.07) is 0. The SMILES string of the molecule is CC(=O)OC[C@H]1O[C@@H](OC(C)=O)[C@H](OC(C)=O)[C@@H](OC(C)=O)[C@@H]1O[C@H]1O[C@H](CO)[C@@H](O)[C@H](O)[C@H]1OC(C)=O. The van der Waals surface area contributed by atoms with E-state index in [0.717, 1.165) is 34.6 Å². The van der Waals surface area contributed by atoms with Crippen LogP contribution in [0.2, 0.25) is 0 Å². The topological polar surface area (TPSA) is 220 Å². The molecule has 0 saturated carbocycles. The smallest absolute Gasteiger partial charge is 0.305 e. The minimum Gasteiger partial charge on any atom is -0.463 e. The first-order chi connectivity index (χ1) is 17.7. The van der Waals surface area contributed by atoms with E-state index < -0.39 is 104 Å². The number of carbonyl (C=O) groups is 5. The molecule has 2 saturated heterocycles. The number of esters is 5. The summed E-state index contributed by atoms with van der Waals surface area (Å²) in [5.74, 6) is -4.25. The third kappa shape index (κ3) is 8.31. The van der Waals surface area contributed by atoms with Crippen LogP contribution in [0.4, 0.5) is 0 Å². The van der Waals surface area contributed by atoms with Gasteiger partial charge >= 0.3 is 29.8 Å². The van der Waals surface area contributed by atoms with E-state index in [9.17, 15) is 39.3 Å². The fourth-order valence-corrected chi connectivity index (χ4v) is 3.92. The number of hydrogen-bond donors (Lipinski definition) is 3. The Morgan fingerprint density at radius 1 is 0.605 bits per heavy atom. The van der Waals surface area contributed by atoms with Crippen LogP contribution in [-0.2, 0) is 61.9 Å². The molecule has 16 heteroatoms. The average Bonchev–Trinajstić information content (AvgIpc) is 2.79. The van der Waals surface area contributed by atoms with Crippen molar-refractivity contribution in [2.45, 2.75) is 96.0 Å². The molecule has 216 valence electrons. The Bertz CT molecular complexity index is 875. The maximum Gasteiger partial charge on any atom is 0.305 e. The molecule has 0 amide bonds. The van der Waals surface area contributed by atoms with Gasteiger partial charge in [-0.2, -0.15) is 0 Å². The standard InChI is InChI=1S/C22H32O16/c1-8(24)31-7-14-17(38-21-18(32-9(2)25)16(30)15(29)13(6-23)36-21)19(33-10(3)26)20(34-11(4)27)22(37-14)35-12(5)28/h13-23,29-30H,6-7H2,1-5H3/t13-,14-,15-,16+,17-,18-,19+,20-,21-,22-/m1/s1. The molecule has 0 aromatic carbocycles. The monoisotopic (exact) mass is 552 g/mol. The zero-order valence-electron chi connectivity index (χ0n) is 21.3. The highest BCUT2D eigenvalue weighted by Crippen LogP contribution is 2.33. The molecule has 0 unspecified atom stereocenters. The van der Waals surface area contributed by atoms with Crippen molar-refractivity contribution in [3.05, 3.63) is 0 Å². The minimum absolute atomic E-state index is 0.554. The van der Waals surface area contributed by atoms with Gasteiger partial charge < -0.3 is 53.2 Å². The number of hydrogen-bond acceptors (Lipinski definition) is 16. The van der Waals surface area contributed by atoms with Gasteiger partial charge in [-0.15, -0.1) is 0 Å². The van der Waals surface area contributed by atoms with E-state index in [-0.39, 0.29) is 0 Å². The molecule has 2 aliphatic heterocycles. The Hall–Kier alpha value is -2.89. The van der Waals surface area contributed by atoms with Gasteiger partial charge in [-0.3, -0.25) is 24.0 Å². The van der Waals surface area contributed by atoms with Crippen LogP contribution in [0.25, 0.3) is 0 Å². The van der Waals surface area contributed by atoms with Crippen molar-refractivity contribution in [2.75, 3.05) is 13.2 Å². The zero-order valence-corrected chi connectivity index (χ0v) is 21.3. The van der Waals surface area contributed by atoms with Crippen LogP contribution < -0.4 is 0 Å². The molecular weight excluding hydrogens is 520 g/mol. The second-order valence-electron chi connectivity index (χ2n) is 8.48. The van der Waals surface area contributed by atoms with Crippen LogP contribution >= 0.6 is 0 Å². The Balaban J connectivity index is 2.54. The molecule has 0 spiro atoms. The quantitative estimate of drug-likeness (QED) is 0.198. The van der Waals surface area contributed by atoms with Gasteiger partial charge in [0.05, 0.1) is 6.61 Å². The van der Waals surface area contributed by atoms with Gasteiger partial charge in [-0.1, -0.05) is 0 Å². The zero-order chi connectivity index (χ0) is 28.7. The number of carbonyl (C=O) groups excluding carboxylic acids is 5. The Morgan fingerprint density at radius 3 is 1.61 bits per heavy atom. The molecule has 3 N–H and O–H groups in total. The van der Waals surface area contributed by atoms with Crippen molar-refractivity contribution >= 4 is 29.8 Å². The number of aliphatic hydroxyl groups excluding tert-OH is 3. The van der Waals surface area contributed by atoms with Gasteiger partial charge in [0, 0.05) is 34.6 Å². The van der Waals surface area contributed by atoms with Gasteiger partial charge in [0.2, 0.25) is 12.4 Å². The molecule has 2 heterocycles. The molecule has 10 atom stereocenters. The summed E-state index contributed by atoms with van der Waals surface area (Å²) in [6.45, 7) is 3.88. The Morgan fingerprint density at radius 2 is 1.11 bits per heavy atom. The molecule has 0 bridgehead atoms. The third-order valence-corrected chi connectivity index (χ3v) is 5.35. The number of aliphatic hydroxyl groups is 3. The number of rotatable bonds is 9. The van der Waals surface area contributed by atoms with E-state index in [4.69, 9.17) is 37.9 Å². The van der Waals surface area contributed by atoms with Gasteiger partial charge in [0.25, 0.3) is 0 Å². The molecule has 2 fully saturated rings. The Labute approximate surface area is 216 Å². The first-order valence-corrected chi connectivity index (χ1v) is 11.5. The van der Waals surface area contributed by atoms with E-state index >= 15 is 0 Å². The van der Waals surface area contributed by atoms with Gasteiger partial charge in [-0.25, -0.2) is 0 Å². The van der Waals surface area contributed by atoms with Gasteiger partial charge in [-0.05, 0) is 0 Å². The molecule has 0 radical (unpaired) electrons. The van der Waals surface area contributed by atoms with E-state index in [0.29, 0.717) is 0 Å². The first kappa shape index (κ1) is 31.3. The predicted octanol–water partition coefficient (Wildman–Crippen LogP) is -2.54. The minimum atomic E-state index is -1.79. The van der Waals surface area contributed by atoms with Crippen molar-refractivity contribution in [1.29, 1.82) is 0 Å². The summed E-state index contributed by atoms with van der Waals surface area (Å²) < 4.78 is 42.9. The van der Waals surface area contributed by atoms with Gasteiger partial charge in [0.15, 0.2) is 18.5 Å². The second-order valence-corrected chi connectivity index (χ2v) is 8.48. The highest BCUT2D eigenvalue weighted by Gasteiger charge is 2.56. The number of ether oxygens (including phenoxy) is 8. The lowest BCUT2D eigenvalue weighted by Gasteiger charge is -2.47. The highest BCUT2D eigenvalue weighted by atomic mass is 16.8. The maximum absolute atomic E-state index is 12.0. The van der Waals surface area contributed by atoms with E-state index in [2.05, 4.69) is 0 Å². The molecule has 2 aliphatic rings. The summed E-state index contributed by atoms with van der Waals surface area (Å²) in [5.41, 5.74) is 0. The van der Waals surface area contributed by atoms with Crippen LogP contribution in [0.15, 0.2) is 0 Å². The lowest BCUT2D eigenvalue weighted by Crippen LogP contribution is -2.66. The fourth-order valence-electron chi connectivity index (χ4n) is 3.92. The first-order valence-electron chi connectivity index (χ1n) is 11.5. The van der Waals surface area contributed by atoms with Crippen molar-refractivity contribution in [2.24, 2.45) is 0 Å². The van der Waals surface area contributed by atoms with Crippen LogP contribution in [0.3, 0.4) is 0 Å². The van der Waals surface area contributed by atoms with E-state index in [1.165, 1.54) is 0 Å². The largest absolute Gasteiger partial charge is 0.463 e. The van der Waals surface area contributed by atoms with Crippen molar-refractivity contribution < 1.29 is 77.2 Å². The lowest BCUT2D eigenvalue weighted by atomic mass is 9.96. The van der Waals surface area contributed by atoms with Crippen molar-refractivity contribution in [3.63, 3.8) is 0 Å². The molecule has 38 heavy (non-hydrogen) atoms. The van der Waals surface area contributed by atoms with Crippen molar-refractivity contribution in [1.82, 2.24) is 0 Å². The second kappa shape index (κ2) is 13.8. The normalized spacial score (nSPS) is 34.9.